The van der Waals surface area contributed by atoms with E-state index in [0.717, 1.165) is 12.1 Å². The minimum atomic E-state index is -0.760. The van der Waals surface area contributed by atoms with E-state index in [4.69, 9.17) is 5.26 Å². The van der Waals surface area contributed by atoms with Crippen LogP contribution in [0, 0.1) is 21.4 Å². The number of nitriles is 1. The van der Waals surface area contributed by atoms with Crippen molar-refractivity contribution in [3.8, 4) is 6.07 Å². The summed E-state index contributed by atoms with van der Waals surface area (Å²) in [5.74, 6) is -0.615. The molecule has 86 valence electrons. The molecule has 1 aromatic rings. The topological polar surface area (TPSA) is 101 Å². The zero-order valence-electron chi connectivity index (χ0n) is 8.34. The van der Waals surface area contributed by atoms with Gasteiger partial charge in [-0.2, -0.15) is 5.26 Å². The molecule has 0 aliphatic carbocycles. The Labute approximate surface area is 104 Å². The first-order chi connectivity index (χ1) is 8.06. The molecule has 1 aromatic carbocycles. The Bertz CT molecular complexity index is 548. The van der Waals surface area contributed by atoms with Gasteiger partial charge >= 0.3 is 0 Å². The standard InChI is InChI=1S/C10H5BrN2O4/c11-3-9(15)10-7(5-14)6(4-12)1-2-8(10)13(16)17/h1-2,5H,3H2. The number of Topliss-reactive ketones (excluding diaryl/α,β-unsaturated/α-hetero) is 1. The van der Waals surface area contributed by atoms with Crippen LogP contribution in [0.3, 0.4) is 0 Å². The van der Waals surface area contributed by atoms with Gasteiger partial charge in [-0.25, -0.2) is 0 Å². The summed E-state index contributed by atoms with van der Waals surface area (Å²) in [6, 6.07) is 3.90. The third-order valence-corrected chi connectivity index (χ3v) is 2.57. The second-order valence-corrected chi connectivity index (χ2v) is 3.53. The number of hydrogen-bond donors (Lipinski definition) is 0. The number of alkyl halides is 1. The molecule has 0 N–H and O–H groups in total. The maximum absolute atomic E-state index is 11.6. The lowest BCUT2D eigenvalue weighted by Crippen LogP contribution is -2.10. The molecule has 0 unspecified atom stereocenters. The van der Waals surface area contributed by atoms with E-state index in [-0.39, 0.29) is 28.3 Å². The van der Waals surface area contributed by atoms with Gasteiger partial charge in [0.15, 0.2) is 12.1 Å². The van der Waals surface area contributed by atoms with E-state index in [1.165, 1.54) is 0 Å². The number of rotatable bonds is 4. The fraction of sp³-hybridized carbons (Fsp3) is 0.100. The van der Waals surface area contributed by atoms with E-state index in [2.05, 4.69) is 15.9 Å². The van der Waals surface area contributed by atoms with Crippen LogP contribution in [0.1, 0.15) is 26.3 Å². The lowest BCUT2D eigenvalue weighted by atomic mass is 9.98. The second kappa shape index (κ2) is 5.32. The van der Waals surface area contributed by atoms with Gasteiger partial charge in [0.05, 0.1) is 21.9 Å². The van der Waals surface area contributed by atoms with Crippen LogP contribution in [0.4, 0.5) is 5.69 Å². The second-order valence-electron chi connectivity index (χ2n) is 2.96. The van der Waals surface area contributed by atoms with E-state index in [1.807, 2.05) is 0 Å². The highest BCUT2D eigenvalue weighted by atomic mass is 79.9. The predicted molar refractivity (Wildman–Crippen MR) is 61.3 cm³/mol. The predicted octanol–water partition coefficient (Wildman–Crippen LogP) is 1.86. The van der Waals surface area contributed by atoms with Crippen molar-refractivity contribution in [2.24, 2.45) is 0 Å². The monoisotopic (exact) mass is 296 g/mol. The van der Waals surface area contributed by atoms with Gasteiger partial charge in [-0.15, -0.1) is 0 Å². The zero-order chi connectivity index (χ0) is 13.0. The molecule has 0 saturated heterocycles. The molecule has 0 aliphatic rings. The minimum Gasteiger partial charge on any atom is -0.298 e. The average Bonchev–Trinajstić information content (AvgIpc) is 2.35. The van der Waals surface area contributed by atoms with Crippen molar-refractivity contribution in [1.29, 1.82) is 5.26 Å². The fourth-order valence-electron chi connectivity index (χ4n) is 1.34. The molecule has 0 atom stereocenters. The van der Waals surface area contributed by atoms with Crippen LogP contribution in [0.2, 0.25) is 0 Å². The van der Waals surface area contributed by atoms with Gasteiger partial charge in [-0.05, 0) is 6.07 Å². The Hall–Kier alpha value is -2.07. The number of carbonyl (C=O) groups is 2. The number of halogens is 1. The van der Waals surface area contributed by atoms with Crippen LogP contribution in [-0.2, 0) is 0 Å². The number of ketones is 1. The minimum absolute atomic E-state index is 0.0603. The number of hydrogen-bond acceptors (Lipinski definition) is 5. The van der Waals surface area contributed by atoms with Gasteiger partial charge in [-0.3, -0.25) is 19.7 Å². The van der Waals surface area contributed by atoms with Gasteiger partial charge in [0, 0.05) is 11.6 Å². The normalized spacial score (nSPS) is 9.41. The van der Waals surface area contributed by atoms with E-state index >= 15 is 0 Å². The van der Waals surface area contributed by atoms with Crippen molar-refractivity contribution in [2.75, 3.05) is 5.33 Å². The zero-order valence-corrected chi connectivity index (χ0v) is 9.93. The van der Waals surface area contributed by atoms with Crippen molar-refractivity contribution in [3.05, 3.63) is 38.9 Å². The molecule has 0 aromatic heterocycles. The summed E-state index contributed by atoms with van der Waals surface area (Å²) in [6.45, 7) is 0. The third-order valence-electron chi connectivity index (χ3n) is 2.06. The number of carbonyl (C=O) groups excluding carboxylic acids is 2. The number of aldehydes is 1. The lowest BCUT2D eigenvalue weighted by molar-refractivity contribution is -0.385. The highest BCUT2D eigenvalue weighted by molar-refractivity contribution is 9.09. The van der Waals surface area contributed by atoms with Crippen LogP contribution in [0.5, 0.6) is 0 Å². The van der Waals surface area contributed by atoms with Crippen LogP contribution in [-0.4, -0.2) is 22.3 Å². The van der Waals surface area contributed by atoms with E-state index in [9.17, 15) is 19.7 Å². The molecule has 0 bridgehead atoms. The fourth-order valence-corrected chi connectivity index (χ4v) is 1.62. The maximum atomic E-state index is 11.6. The third kappa shape index (κ3) is 2.37. The first kappa shape index (κ1) is 13.0. The number of benzene rings is 1. The van der Waals surface area contributed by atoms with Crippen molar-refractivity contribution in [1.82, 2.24) is 0 Å². The van der Waals surface area contributed by atoms with Gasteiger partial charge in [0.1, 0.15) is 5.56 Å². The van der Waals surface area contributed by atoms with Crippen molar-refractivity contribution in [2.45, 2.75) is 0 Å². The molecule has 7 heteroatoms. The largest absolute Gasteiger partial charge is 0.298 e. The quantitative estimate of drug-likeness (QED) is 0.277. The van der Waals surface area contributed by atoms with Crippen LogP contribution in [0.25, 0.3) is 0 Å². The highest BCUT2D eigenvalue weighted by Crippen LogP contribution is 2.25. The Balaban J connectivity index is 3.69. The summed E-state index contributed by atoms with van der Waals surface area (Å²) in [4.78, 5) is 32.4. The molecular weight excluding hydrogens is 292 g/mol. The summed E-state index contributed by atoms with van der Waals surface area (Å²) >= 11 is 2.87. The van der Waals surface area contributed by atoms with Crippen LogP contribution in [0.15, 0.2) is 12.1 Å². The molecule has 1 rings (SSSR count). The first-order valence-corrected chi connectivity index (χ1v) is 5.44. The van der Waals surface area contributed by atoms with Crippen molar-refractivity contribution < 1.29 is 14.5 Å². The van der Waals surface area contributed by atoms with Crippen molar-refractivity contribution in [3.63, 3.8) is 0 Å². The Morgan fingerprint density at radius 2 is 2.24 bits per heavy atom. The molecule has 0 saturated carbocycles. The molecule has 6 nitrogen and oxygen atoms in total. The van der Waals surface area contributed by atoms with Crippen LogP contribution >= 0.6 is 15.9 Å². The average molecular weight is 297 g/mol. The highest BCUT2D eigenvalue weighted by Gasteiger charge is 2.25. The van der Waals surface area contributed by atoms with E-state index in [0.29, 0.717) is 0 Å². The molecule has 0 radical (unpaired) electrons. The molecule has 17 heavy (non-hydrogen) atoms. The van der Waals surface area contributed by atoms with E-state index < -0.39 is 16.4 Å². The van der Waals surface area contributed by atoms with Gasteiger partial charge in [0.2, 0.25) is 0 Å². The van der Waals surface area contributed by atoms with Crippen LogP contribution < -0.4 is 0 Å². The summed E-state index contributed by atoms with van der Waals surface area (Å²) in [5.41, 5.74) is -1.11. The SMILES string of the molecule is N#Cc1ccc([N+](=O)[O-])c(C(=O)CBr)c1C=O. The number of nitro benzene ring substituents is 1. The molecular formula is C10H5BrN2O4. The molecule has 0 spiro atoms. The van der Waals surface area contributed by atoms with Gasteiger partial charge < -0.3 is 0 Å². The number of nitro groups is 1. The van der Waals surface area contributed by atoms with Crippen molar-refractivity contribution >= 4 is 33.7 Å². The molecule has 0 fully saturated rings. The first-order valence-electron chi connectivity index (χ1n) is 4.32. The summed E-state index contributed by atoms with van der Waals surface area (Å²) in [6.07, 6.45) is 0.279. The molecule has 0 aliphatic heterocycles. The summed E-state index contributed by atoms with van der Waals surface area (Å²) in [5, 5.41) is 19.3. The maximum Gasteiger partial charge on any atom is 0.281 e. The Kier molecular flexibility index (Phi) is 4.06. The lowest BCUT2D eigenvalue weighted by Gasteiger charge is -2.04. The smallest absolute Gasteiger partial charge is 0.281 e. The molecule has 0 amide bonds. The molecule has 0 heterocycles. The van der Waals surface area contributed by atoms with Gasteiger partial charge in [0.25, 0.3) is 5.69 Å². The van der Waals surface area contributed by atoms with E-state index in [1.54, 1.807) is 6.07 Å². The summed E-state index contributed by atoms with van der Waals surface area (Å²) < 4.78 is 0. The summed E-state index contributed by atoms with van der Waals surface area (Å²) in [7, 11) is 0. The Morgan fingerprint density at radius 3 is 2.65 bits per heavy atom. The van der Waals surface area contributed by atoms with Gasteiger partial charge in [-0.1, -0.05) is 15.9 Å². The Morgan fingerprint density at radius 1 is 1.59 bits per heavy atom. The number of nitrogens with zero attached hydrogens (tertiary/aromatic N) is 2.